The van der Waals surface area contributed by atoms with Crippen LogP contribution >= 0.6 is 11.6 Å². The Morgan fingerprint density at radius 2 is 2.00 bits per heavy atom. The molecule has 3 N–H and O–H groups in total. The minimum atomic E-state index is 0.127. The number of nitrogens with zero attached hydrogens (tertiary/aromatic N) is 1. The van der Waals surface area contributed by atoms with Gasteiger partial charge in [-0.1, -0.05) is 25.4 Å². The van der Waals surface area contributed by atoms with Crippen molar-refractivity contribution in [2.75, 3.05) is 12.8 Å². The second-order valence-electron chi connectivity index (χ2n) is 6.33. The summed E-state index contributed by atoms with van der Waals surface area (Å²) in [5, 5.41) is 0.698. The van der Waals surface area contributed by atoms with Crippen molar-refractivity contribution in [3.63, 3.8) is 0 Å². The molecule has 1 aliphatic carbocycles. The highest BCUT2D eigenvalue weighted by Crippen LogP contribution is 2.70. The fraction of sp³-hybridized carbons (Fsp3) is 0.438. The van der Waals surface area contributed by atoms with Gasteiger partial charge in [-0.15, -0.1) is 0 Å². The van der Waals surface area contributed by atoms with E-state index in [9.17, 15) is 0 Å². The lowest BCUT2D eigenvalue weighted by Crippen LogP contribution is -1.93. The number of aromatic amines is 1. The Hall–Kier alpha value is -1.68. The second-order valence-corrected chi connectivity index (χ2v) is 6.77. The number of nitrogens with one attached hydrogen (secondary N) is 1. The van der Waals surface area contributed by atoms with Crippen molar-refractivity contribution in [2.24, 2.45) is 5.41 Å². The van der Waals surface area contributed by atoms with Crippen LogP contribution in [0.25, 0.3) is 0 Å². The average Bonchev–Trinajstić information content (AvgIpc) is 2.81. The van der Waals surface area contributed by atoms with E-state index in [-0.39, 0.29) is 5.41 Å². The monoisotopic (exact) mass is 305 g/mol. The van der Waals surface area contributed by atoms with E-state index in [4.69, 9.17) is 22.1 Å². The van der Waals surface area contributed by atoms with Gasteiger partial charge in [-0.25, -0.2) is 4.98 Å². The molecule has 0 saturated heterocycles. The van der Waals surface area contributed by atoms with Crippen LogP contribution in [0.4, 0.5) is 5.95 Å². The summed E-state index contributed by atoms with van der Waals surface area (Å²) in [6.07, 6.45) is 0. The number of nitrogen functional groups attached to an aromatic ring is 1. The number of halogens is 1. The molecular formula is C16H20ClN3O. The number of anilines is 1. The van der Waals surface area contributed by atoms with E-state index in [0.717, 1.165) is 17.1 Å². The first-order valence-electron chi connectivity index (χ1n) is 7.01. The lowest BCUT2D eigenvalue weighted by molar-refractivity contribution is 0.414. The summed E-state index contributed by atoms with van der Waals surface area (Å²) >= 11 is 6.20. The van der Waals surface area contributed by atoms with Gasteiger partial charge in [0.2, 0.25) is 0 Å². The number of ether oxygens (including phenoxy) is 1. The Labute approximate surface area is 129 Å². The normalized spacial score (nSPS) is 23.1. The van der Waals surface area contributed by atoms with E-state index in [0.29, 0.717) is 22.8 Å². The largest absolute Gasteiger partial charge is 0.497 e. The van der Waals surface area contributed by atoms with E-state index in [2.05, 4.69) is 29.9 Å². The number of aryl methyl sites for hydroxylation is 1. The molecule has 112 valence electrons. The van der Waals surface area contributed by atoms with Gasteiger partial charge in [0.15, 0.2) is 5.95 Å². The predicted octanol–water partition coefficient (Wildman–Crippen LogP) is 3.87. The minimum absolute atomic E-state index is 0.127. The summed E-state index contributed by atoms with van der Waals surface area (Å²) < 4.78 is 5.32. The lowest BCUT2D eigenvalue weighted by atomic mass is 10.0. The number of imidazole rings is 1. The molecule has 1 aliphatic rings. The highest BCUT2D eigenvalue weighted by atomic mass is 35.5. The molecule has 4 nitrogen and oxygen atoms in total. The first kappa shape index (κ1) is 14.3. The zero-order valence-electron chi connectivity index (χ0n) is 12.7. The Balaban J connectivity index is 2.00. The third-order valence-electron chi connectivity index (χ3n) is 4.55. The first-order valence-corrected chi connectivity index (χ1v) is 7.39. The number of methoxy groups -OCH3 is 1. The van der Waals surface area contributed by atoms with Gasteiger partial charge in [-0.2, -0.15) is 0 Å². The van der Waals surface area contributed by atoms with Crippen LogP contribution in [0.5, 0.6) is 5.75 Å². The fourth-order valence-electron chi connectivity index (χ4n) is 3.45. The Morgan fingerprint density at radius 1 is 1.29 bits per heavy atom. The molecule has 3 rings (SSSR count). The van der Waals surface area contributed by atoms with E-state index < -0.39 is 0 Å². The topological polar surface area (TPSA) is 63.9 Å². The maximum Gasteiger partial charge on any atom is 0.197 e. The molecule has 2 atom stereocenters. The SMILES string of the molecule is COc1cc(Cl)cc([C@H]2[C@H](c3nc(N)[nH]c3C)C2(C)C)c1. The van der Waals surface area contributed by atoms with Crippen molar-refractivity contribution in [1.29, 1.82) is 0 Å². The van der Waals surface area contributed by atoms with Crippen LogP contribution in [0.1, 0.15) is 42.6 Å². The molecule has 5 heteroatoms. The molecule has 0 aliphatic heterocycles. The van der Waals surface area contributed by atoms with Gasteiger partial charge in [-0.05, 0) is 42.0 Å². The molecule has 0 bridgehead atoms. The van der Waals surface area contributed by atoms with Crippen LogP contribution in [-0.4, -0.2) is 17.1 Å². The van der Waals surface area contributed by atoms with Crippen molar-refractivity contribution in [1.82, 2.24) is 9.97 Å². The number of hydrogen-bond acceptors (Lipinski definition) is 3. The highest BCUT2D eigenvalue weighted by Gasteiger charge is 2.60. The molecule has 1 fully saturated rings. The van der Waals surface area contributed by atoms with Crippen molar-refractivity contribution in [3.8, 4) is 5.75 Å². The second kappa shape index (κ2) is 4.67. The molecule has 0 spiro atoms. The van der Waals surface area contributed by atoms with Gasteiger partial charge >= 0.3 is 0 Å². The van der Waals surface area contributed by atoms with Crippen LogP contribution in [-0.2, 0) is 0 Å². The minimum Gasteiger partial charge on any atom is -0.497 e. The summed E-state index contributed by atoms with van der Waals surface area (Å²) in [7, 11) is 1.66. The molecule has 0 radical (unpaired) electrons. The number of nitrogens with two attached hydrogens (primary N) is 1. The van der Waals surface area contributed by atoms with Crippen molar-refractivity contribution in [3.05, 3.63) is 40.2 Å². The summed E-state index contributed by atoms with van der Waals surface area (Å²) in [6.45, 7) is 6.52. The van der Waals surface area contributed by atoms with E-state index >= 15 is 0 Å². The third kappa shape index (κ3) is 2.27. The fourth-order valence-corrected chi connectivity index (χ4v) is 3.69. The van der Waals surface area contributed by atoms with Gasteiger partial charge in [0.05, 0.1) is 12.8 Å². The molecule has 1 heterocycles. The van der Waals surface area contributed by atoms with Crippen molar-refractivity contribution < 1.29 is 4.74 Å². The molecule has 0 unspecified atom stereocenters. The maximum atomic E-state index is 6.20. The molecule has 21 heavy (non-hydrogen) atoms. The van der Waals surface area contributed by atoms with Crippen molar-refractivity contribution >= 4 is 17.5 Å². The van der Waals surface area contributed by atoms with Crippen LogP contribution in [0.2, 0.25) is 5.02 Å². The highest BCUT2D eigenvalue weighted by molar-refractivity contribution is 6.30. The zero-order chi connectivity index (χ0) is 15.4. The number of H-pyrrole nitrogens is 1. The van der Waals surface area contributed by atoms with Gasteiger partial charge in [0.25, 0.3) is 0 Å². The smallest absolute Gasteiger partial charge is 0.197 e. The predicted molar refractivity (Wildman–Crippen MR) is 85.0 cm³/mol. The molecule has 1 aromatic carbocycles. The Bertz CT molecular complexity index is 693. The van der Waals surface area contributed by atoms with E-state index in [1.807, 2.05) is 19.1 Å². The summed E-state index contributed by atoms with van der Waals surface area (Å²) in [5.74, 6) is 1.98. The number of aromatic nitrogens is 2. The number of benzene rings is 1. The Morgan fingerprint density at radius 3 is 2.57 bits per heavy atom. The summed E-state index contributed by atoms with van der Waals surface area (Å²) in [5.41, 5.74) is 9.20. The van der Waals surface area contributed by atoms with Crippen LogP contribution in [0.15, 0.2) is 18.2 Å². The van der Waals surface area contributed by atoms with Gasteiger partial charge in [0, 0.05) is 16.6 Å². The summed E-state index contributed by atoms with van der Waals surface area (Å²) in [6, 6.07) is 5.90. The number of hydrogen-bond donors (Lipinski definition) is 2. The van der Waals surface area contributed by atoms with Crippen LogP contribution < -0.4 is 10.5 Å². The molecule has 1 saturated carbocycles. The van der Waals surface area contributed by atoms with E-state index in [1.54, 1.807) is 7.11 Å². The molecular weight excluding hydrogens is 286 g/mol. The van der Waals surface area contributed by atoms with E-state index in [1.165, 1.54) is 5.56 Å². The third-order valence-corrected chi connectivity index (χ3v) is 4.77. The van der Waals surface area contributed by atoms with Gasteiger partial charge in [0.1, 0.15) is 5.75 Å². The molecule has 2 aromatic rings. The Kier molecular flexibility index (Phi) is 3.17. The van der Waals surface area contributed by atoms with Crippen LogP contribution in [0, 0.1) is 12.3 Å². The van der Waals surface area contributed by atoms with Crippen LogP contribution in [0.3, 0.4) is 0 Å². The van der Waals surface area contributed by atoms with Gasteiger partial charge < -0.3 is 15.5 Å². The molecule has 0 amide bonds. The molecule has 1 aromatic heterocycles. The summed E-state index contributed by atoms with van der Waals surface area (Å²) in [4.78, 5) is 7.56. The quantitative estimate of drug-likeness (QED) is 0.904. The van der Waals surface area contributed by atoms with Crippen molar-refractivity contribution in [2.45, 2.75) is 32.6 Å². The van der Waals surface area contributed by atoms with Gasteiger partial charge in [-0.3, -0.25) is 0 Å². The number of rotatable bonds is 3. The zero-order valence-corrected chi connectivity index (χ0v) is 13.5. The first-order chi connectivity index (χ1) is 9.84. The average molecular weight is 306 g/mol. The maximum absolute atomic E-state index is 6.20. The standard InChI is InChI=1S/C16H20ClN3O/c1-8-14(20-15(18)19-8)13-12(16(13,2)3)9-5-10(17)7-11(6-9)21-4/h5-7,12-13H,1-4H3,(H3,18,19,20)/t12-,13+/m0/s1. The lowest BCUT2D eigenvalue weighted by Gasteiger charge is -2.07.